The van der Waals surface area contributed by atoms with Gasteiger partial charge in [0.1, 0.15) is 0 Å². The zero-order chi connectivity index (χ0) is 13.0. The molecule has 0 saturated carbocycles. The van der Waals surface area contributed by atoms with E-state index in [1.165, 1.54) is 11.8 Å². The number of aromatic nitrogens is 2. The second-order valence-corrected chi connectivity index (χ2v) is 4.73. The molecule has 0 bridgehead atoms. The second kappa shape index (κ2) is 5.68. The molecular weight excluding hydrogens is 252 g/mol. The number of rotatable bonds is 5. The van der Waals surface area contributed by atoms with Gasteiger partial charge >= 0.3 is 5.97 Å². The number of thioether (sulfide) groups is 1. The van der Waals surface area contributed by atoms with Crippen molar-refractivity contribution in [3.05, 3.63) is 29.8 Å². The molecule has 0 amide bonds. The van der Waals surface area contributed by atoms with Crippen LogP contribution in [0.25, 0.3) is 11.5 Å². The van der Waals surface area contributed by atoms with E-state index in [1.54, 1.807) is 0 Å². The Morgan fingerprint density at radius 1 is 1.39 bits per heavy atom. The molecule has 1 N–H and O–H groups in total. The maximum Gasteiger partial charge on any atom is 0.304 e. The van der Waals surface area contributed by atoms with Crippen molar-refractivity contribution in [1.82, 2.24) is 10.2 Å². The summed E-state index contributed by atoms with van der Waals surface area (Å²) in [6.07, 6.45) is 0.0761. The van der Waals surface area contributed by atoms with E-state index in [-0.39, 0.29) is 6.42 Å². The van der Waals surface area contributed by atoms with E-state index in [2.05, 4.69) is 10.2 Å². The summed E-state index contributed by atoms with van der Waals surface area (Å²) in [5.41, 5.74) is 1.96. The number of carboxylic acid groups (broad SMARTS) is 1. The minimum atomic E-state index is -0.832. The third-order valence-electron chi connectivity index (χ3n) is 2.32. The van der Waals surface area contributed by atoms with Crippen LogP contribution in [0, 0.1) is 6.92 Å². The normalized spacial score (nSPS) is 10.5. The Labute approximate surface area is 108 Å². The minimum Gasteiger partial charge on any atom is -0.481 e. The fourth-order valence-electron chi connectivity index (χ4n) is 1.42. The maximum atomic E-state index is 10.4. The van der Waals surface area contributed by atoms with E-state index in [1.807, 2.05) is 31.2 Å². The van der Waals surface area contributed by atoms with E-state index in [9.17, 15) is 4.79 Å². The first-order valence-corrected chi connectivity index (χ1v) is 6.39. The average molecular weight is 264 g/mol. The Morgan fingerprint density at radius 2 is 2.17 bits per heavy atom. The number of aryl methyl sites for hydroxylation is 1. The summed E-state index contributed by atoms with van der Waals surface area (Å²) in [5, 5.41) is 16.8. The molecule has 1 aromatic heterocycles. The molecular formula is C12H12N2O3S. The van der Waals surface area contributed by atoms with Crippen LogP contribution in [0.4, 0.5) is 0 Å². The van der Waals surface area contributed by atoms with Crippen molar-refractivity contribution >= 4 is 17.7 Å². The lowest BCUT2D eigenvalue weighted by atomic mass is 10.1. The van der Waals surface area contributed by atoms with E-state index in [0.717, 1.165) is 11.1 Å². The highest BCUT2D eigenvalue weighted by molar-refractivity contribution is 7.99. The van der Waals surface area contributed by atoms with Gasteiger partial charge in [0, 0.05) is 11.3 Å². The molecule has 2 rings (SSSR count). The molecule has 6 heteroatoms. The Balaban J connectivity index is 2.06. The number of carbonyl (C=O) groups is 1. The SMILES string of the molecule is Cc1ccccc1-c1nnc(SCCC(=O)O)o1. The van der Waals surface area contributed by atoms with Gasteiger partial charge in [-0.15, -0.1) is 10.2 Å². The average Bonchev–Trinajstić information content (AvgIpc) is 2.78. The maximum absolute atomic E-state index is 10.4. The van der Waals surface area contributed by atoms with Gasteiger partial charge in [0.15, 0.2) is 0 Å². The first kappa shape index (κ1) is 12.6. The third kappa shape index (κ3) is 3.10. The topological polar surface area (TPSA) is 76.2 Å². The van der Waals surface area contributed by atoms with E-state index >= 15 is 0 Å². The quantitative estimate of drug-likeness (QED) is 0.836. The smallest absolute Gasteiger partial charge is 0.304 e. The molecule has 0 fully saturated rings. The van der Waals surface area contributed by atoms with E-state index in [0.29, 0.717) is 16.9 Å². The number of benzene rings is 1. The molecule has 94 valence electrons. The molecule has 0 aliphatic carbocycles. The van der Waals surface area contributed by atoms with Gasteiger partial charge in [0.2, 0.25) is 5.89 Å². The predicted octanol–water partition coefficient (Wildman–Crippen LogP) is 2.61. The summed E-state index contributed by atoms with van der Waals surface area (Å²) >= 11 is 1.25. The van der Waals surface area contributed by atoms with Crippen molar-refractivity contribution in [3.63, 3.8) is 0 Å². The Kier molecular flexibility index (Phi) is 3.99. The van der Waals surface area contributed by atoms with Gasteiger partial charge in [-0.1, -0.05) is 30.0 Å². The Morgan fingerprint density at radius 3 is 2.89 bits per heavy atom. The first-order valence-electron chi connectivity index (χ1n) is 5.41. The minimum absolute atomic E-state index is 0.0761. The molecule has 1 aromatic carbocycles. The highest BCUT2D eigenvalue weighted by Crippen LogP contribution is 2.25. The fourth-order valence-corrected chi connectivity index (χ4v) is 2.10. The molecule has 1 heterocycles. The third-order valence-corrected chi connectivity index (χ3v) is 3.14. The van der Waals surface area contributed by atoms with Crippen molar-refractivity contribution in [2.45, 2.75) is 18.6 Å². The highest BCUT2D eigenvalue weighted by Gasteiger charge is 2.11. The summed E-state index contributed by atoms with van der Waals surface area (Å²) < 4.78 is 5.48. The zero-order valence-electron chi connectivity index (χ0n) is 9.79. The number of carboxylic acids is 1. The van der Waals surface area contributed by atoms with Crippen LogP contribution in [0.1, 0.15) is 12.0 Å². The Hall–Kier alpha value is -1.82. The van der Waals surface area contributed by atoms with Crippen LogP contribution in [0.15, 0.2) is 33.9 Å². The number of hydrogen-bond donors (Lipinski definition) is 1. The zero-order valence-corrected chi connectivity index (χ0v) is 10.6. The molecule has 0 spiro atoms. The van der Waals surface area contributed by atoms with Crippen LogP contribution in [-0.4, -0.2) is 27.0 Å². The van der Waals surface area contributed by atoms with E-state index in [4.69, 9.17) is 9.52 Å². The summed E-state index contributed by atoms with van der Waals surface area (Å²) in [4.78, 5) is 10.4. The van der Waals surface area contributed by atoms with Gasteiger partial charge < -0.3 is 9.52 Å². The van der Waals surface area contributed by atoms with Crippen molar-refractivity contribution in [1.29, 1.82) is 0 Å². The van der Waals surface area contributed by atoms with Crippen molar-refractivity contribution < 1.29 is 14.3 Å². The molecule has 2 aromatic rings. The predicted molar refractivity (Wildman–Crippen MR) is 67.4 cm³/mol. The lowest BCUT2D eigenvalue weighted by Gasteiger charge is -1.98. The largest absolute Gasteiger partial charge is 0.481 e. The van der Waals surface area contributed by atoms with Crippen molar-refractivity contribution in [2.24, 2.45) is 0 Å². The molecule has 0 saturated heterocycles. The molecule has 0 aliphatic heterocycles. The summed E-state index contributed by atoms with van der Waals surface area (Å²) in [6, 6.07) is 7.73. The highest BCUT2D eigenvalue weighted by atomic mass is 32.2. The lowest BCUT2D eigenvalue weighted by molar-refractivity contribution is -0.136. The molecule has 0 atom stereocenters. The van der Waals surface area contributed by atoms with Gasteiger partial charge in [-0.2, -0.15) is 0 Å². The summed E-state index contributed by atoms with van der Waals surface area (Å²) in [7, 11) is 0. The molecule has 0 unspecified atom stereocenters. The van der Waals surface area contributed by atoms with Crippen LogP contribution >= 0.6 is 11.8 Å². The van der Waals surface area contributed by atoms with Crippen molar-refractivity contribution in [3.8, 4) is 11.5 Å². The standard InChI is InChI=1S/C12H12N2O3S/c1-8-4-2-3-5-9(8)11-13-14-12(17-11)18-7-6-10(15)16/h2-5H,6-7H2,1H3,(H,15,16). The molecule has 0 radical (unpaired) electrons. The summed E-state index contributed by atoms with van der Waals surface area (Å²) in [5.74, 6) is 0.0529. The number of nitrogens with zero attached hydrogens (tertiary/aromatic N) is 2. The van der Waals surface area contributed by atoms with Crippen LogP contribution < -0.4 is 0 Å². The second-order valence-electron chi connectivity index (χ2n) is 3.68. The van der Waals surface area contributed by atoms with Crippen LogP contribution in [0.5, 0.6) is 0 Å². The monoisotopic (exact) mass is 264 g/mol. The van der Waals surface area contributed by atoms with Crippen LogP contribution in [0.3, 0.4) is 0 Å². The van der Waals surface area contributed by atoms with Gasteiger partial charge in [0.25, 0.3) is 5.22 Å². The van der Waals surface area contributed by atoms with Gasteiger partial charge in [-0.25, -0.2) is 0 Å². The van der Waals surface area contributed by atoms with Crippen LogP contribution in [-0.2, 0) is 4.79 Å². The number of aliphatic carboxylic acids is 1. The first-order chi connectivity index (χ1) is 8.66. The van der Waals surface area contributed by atoms with Crippen molar-refractivity contribution in [2.75, 3.05) is 5.75 Å². The van der Waals surface area contributed by atoms with Gasteiger partial charge in [-0.05, 0) is 18.6 Å². The Bertz CT molecular complexity index is 554. The number of hydrogen-bond acceptors (Lipinski definition) is 5. The summed E-state index contributed by atoms with van der Waals surface area (Å²) in [6.45, 7) is 1.97. The van der Waals surface area contributed by atoms with E-state index < -0.39 is 5.97 Å². The van der Waals surface area contributed by atoms with Crippen LogP contribution in [0.2, 0.25) is 0 Å². The van der Waals surface area contributed by atoms with Gasteiger partial charge in [-0.3, -0.25) is 4.79 Å². The fraction of sp³-hybridized carbons (Fsp3) is 0.250. The van der Waals surface area contributed by atoms with Gasteiger partial charge in [0.05, 0.1) is 6.42 Å². The molecule has 0 aliphatic rings. The molecule has 18 heavy (non-hydrogen) atoms. The molecule has 5 nitrogen and oxygen atoms in total. The lowest BCUT2D eigenvalue weighted by Crippen LogP contribution is -1.95.